The van der Waals surface area contributed by atoms with Gasteiger partial charge in [0.1, 0.15) is 5.75 Å². The molecule has 0 saturated heterocycles. The number of aliphatic carboxylic acids is 1. The molecule has 0 fully saturated rings. The van der Waals surface area contributed by atoms with Crippen LogP contribution in [0, 0.1) is 0 Å². The second-order valence-electron chi connectivity index (χ2n) is 3.07. The largest absolute Gasteiger partial charge is 0.481 e. The topological polar surface area (TPSA) is 72.8 Å². The lowest BCUT2D eigenvalue weighted by Gasteiger charge is -2.07. The first-order valence-corrected chi connectivity index (χ1v) is 4.83. The van der Waals surface area contributed by atoms with Crippen LogP contribution in [-0.4, -0.2) is 30.8 Å². The van der Waals surface area contributed by atoms with Gasteiger partial charge in [-0.2, -0.15) is 0 Å². The Morgan fingerprint density at radius 2 is 2.06 bits per heavy atom. The summed E-state index contributed by atoms with van der Waals surface area (Å²) in [5, 5.41) is 8.52. The number of hydrogen-bond donors (Lipinski definition) is 1. The van der Waals surface area contributed by atoms with Crippen LogP contribution in [0.25, 0.3) is 6.08 Å². The molecule has 0 atom stereocenters. The molecule has 0 unspecified atom stereocenters. The SMILES string of the molecule is COC(=O)COc1ccccc1/C=C/C(=O)O. The number of carboxylic acid groups (broad SMARTS) is 1. The molecule has 1 aromatic rings. The number of ether oxygens (including phenoxy) is 2. The minimum atomic E-state index is -1.05. The fraction of sp³-hybridized carbons (Fsp3) is 0.167. The molecule has 90 valence electrons. The van der Waals surface area contributed by atoms with E-state index in [0.717, 1.165) is 6.08 Å². The lowest BCUT2D eigenvalue weighted by Crippen LogP contribution is -2.12. The van der Waals surface area contributed by atoms with Gasteiger partial charge in [-0.1, -0.05) is 18.2 Å². The Kier molecular flexibility index (Phi) is 4.75. The van der Waals surface area contributed by atoms with Crippen LogP contribution in [0.2, 0.25) is 0 Å². The minimum absolute atomic E-state index is 0.214. The standard InChI is InChI=1S/C12H12O5/c1-16-12(15)8-17-10-5-3-2-4-9(10)6-7-11(13)14/h2-7H,8H2,1H3,(H,13,14)/b7-6+. The summed E-state index contributed by atoms with van der Waals surface area (Å²) in [4.78, 5) is 21.3. The molecule has 17 heavy (non-hydrogen) atoms. The second-order valence-corrected chi connectivity index (χ2v) is 3.07. The number of carboxylic acids is 1. The Hall–Kier alpha value is -2.30. The van der Waals surface area contributed by atoms with Crippen LogP contribution in [0.4, 0.5) is 0 Å². The van der Waals surface area contributed by atoms with Gasteiger partial charge in [-0.15, -0.1) is 0 Å². The number of methoxy groups -OCH3 is 1. The van der Waals surface area contributed by atoms with Gasteiger partial charge in [-0.3, -0.25) is 0 Å². The molecular formula is C12H12O5. The van der Waals surface area contributed by atoms with E-state index in [9.17, 15) is 9.59 Å². The number of para-hydroxylation sites is 1. The monoisotopic (exact) mass is 236 g/mol. The molecule has 5 heteroatoms. The highest BCUT2D eigenvalue weighted by Gasteiger charge is 2.04. The van der Waals surface area contributed by atoms with Crippen LogP contribution in [0.1, 0.15) is 5.56 Å². The van der Waals surface area contributed by atoms with Gasteiger partial charge in [-0.05, 0) is 12.1 Å². The van der Waals surface area contributed by atoms with Crippen molar-refractivity contribution in [1.29, 1.82) is 0 Å². The number of benzene rings is 1. The maximum absolute atomic E-state index is 10.9. The molecule has 0 heterocycles. The maximum atomic E-state index is 10.9. The third-order valence-electron chi connectivity index (χ3n) is 1.90. The van der Waals surface area contributed by atoms with E-state index in [4.69, 9.17) is 9.84 Å². The Morgan fingerprint density at radius 3 is 2.71 bits per heavy atom. The highest BCUT2D eigenvalue weighted by atomic mass is 16.6. The average molecular weight is 236 g/mol. The van der Waals surface area contributed by atoms with E-state index in [1.165, 1.54) is 13.2 Å². The molecular weight excluding hydrogens is 224 g/mol. The van der Waals surface area contributed by atoms with Gasteiger partial charge in [-0.25, -0.2) is 9.59 Å². The molecule has 0 aliphatic heterocycles. The molecule has 0 saturated carbocycles. The summed E-state index contributed by atoms with van der Waals surface area (Å²) < 4.78 is 9.64. The summed E-state index contributed by atoms with van der Waals surface area (Å²) in [6.07, 6.45) is 2.40. The van der Waals surface area contributed by atoms with Crippen molar-refractivity contribution in [3.05, 3.63) is 35.9 Å². The number of carbonyl (C=O) groups excluding carboxylic acids is 1. The van der Waals surface area contributed by atoms with E-state index in [1.807, 2.05) is 0 Å². The van der Waals surface area contributed by atoms with Crippen LogP contribution in [0.5, 0.6) is 5.75 Å². The molecule has 0 spiro atoms. The van der Waals surface area contributed by atoms with Gasteiger partial charge in [0, 0.05) is 11.6 Å². The maximum Gasteiger partial charge on any atom is 0.343 e. The lowest BCUT2D eigenvalue weighted by molar-refractivity contribution is -0.143. The van der Waals surface area contributed by atoms with Gasteiger partial charge in [0.05, 0.1) is 7.11 Å². The summed E-state index contributed by atoms with van der Waals surface area (Å²) in [5.41, 5.74) is 0.582. The van der Waals surface area contributed by atoms with Gasteiger partial charge in [0.15, 0.2) is 6.61 Å². The molecule has 0 bridgehead atoms. The second kappa shape index (κ2) is 6.32. The van der Waals surface area contributed by atoms with Gasteiger partial charge in [0.25, 0.3) is 0 Å². The van der Waals surface area contributed by atoms with E-state index >= 15 is 0 Å². The molecule has 0 aliphatic carbocycles. The summed E-state index contributed by atoms with van der Waals surface area (Å²) in [7, 11) is 1.27. The normalized spacial score (nSPS) is 10.2. The molecule has 0 aliphatic rings. The van der Waals surface area contributed by atoms with Crippen molar-refractivity contribution in [3.8, 4) is 5.75 Å². The number of esters is 1. The zero-order chi connectivity index (χ0) is 12.7. The summed E-state index contributed by atoms with van der Waals surface area (Å²) in [6.45, 7) is -0.214. The number of hydrogen-bond acceptors (Lipinski definition) is 4. The van der Waals surface area contributed by atoms with E-state index in [2.05, 4.69) is 4.74 Å². The third-order valence-corrected chi connectivity index (χ3v) is 1.90. The fourth-order valence-corrected chi connectivity index (χ4v) is 1.11. The highest BCUT2D eigenvalue weighted by molar-refractivity contribution is 5.85. The van der Waals surface area contributed by atoms with Crippen LogP contribution >= 0.6 is 0 Å². The summed E-state index contributed by atoms with van der Waals surface area (Å²) >= 11 is 0. The van der Waals surface area contributed by atoms with Crippen molar-refractivity contribution in [3.63, 3.8) is 0 Å². The minimum Gasteiger partial charge on any atom is -0.481 e. The number of rotatable bonds is 5. The first-order valence-electron chi connectivity index (χ1n) is 4.83. The summed E-state index contributed by atoms with van der Waals surface area (Å²) in [5.74, 6) is -1.12. The Balaban J connectivity index is 2.77. The van der Waals surface area contributed by atoms with Crippen LogP contribution in [0.3, 0.4) is 0 Å². The third kappa shape index (κ3) is 4.38. The molecule has 0 aromatic heterocycles. The van der Waals surface area contributed by atoms with Gasteiger partial charge in [0.2, 0.25) is 0 Å². The summed E-state index contributed by atoms with van der Waals surface area (Å²) in [6, 6.07) is 6.80. The zero-order valence-electron chi connectivity index (χ0n) is 9.25. The van der Waals surface area contributed by atoms with Crippen molar-refractivity contribution in [2.75, 3.05) is 13.7 Å². The van der Waals surface area contributed by atoms with Gasteiger partial charge >= 0.3 is 11.9 Å². The van der Waals surface area contributed by atoms with Crippen molar-refractivity contribution in [2.45, 2.75) is 0 Å². The van der Waals surface area contributed by atoms with Crippen molar-refractivity contribution in [1.82, 2.24) is 0 Å². The average Bonchev–Trinajstić information content (AvgIpc) is 2.34. The number of carbonyl (C=O) groups is 2. The smallest absolute Gasteiger partial charge is 0.343 e. The van der Waals surface area contributed by atoms with Crippen LogP contribution in [-0.2, 0) is 14.3 Å². The van der Waals surface area contributed by atoms with E-state index in [-0.39, 0.29) is 6.61 Å². The van der Waals surface area contributed by atoms with Crippen LogP contribution in [0.15, 0.2) is 30.3 Å². The Labute approximate surface area is 98.3 Å². The van der Waals surface area contributed by atoms with Crippen LogP contribution < -0.4 is 4.74 Å². The molecule has 0 amide bonds. The van der Waals surface area contributed by atoms with Gasteiger partial charge < -0.3 is 14.6 Å². The molecule has 0 radical (unpaired) electrons. The fourth-order valence-electron chi connectivity index (χ4n) is 1.11. The Morgan fingerprint density at radius 1 is 1.35 bits per heavy atom. The molecule has 5 nitrogen and oxygen atoms in total. The van der Waals surface area contributed by atoms with E-state index in [1.54, 1.807) is 24.3 Å². The molecule has 1 aromatic carbocycles. The predicted molar refractivity (Wildman–Crippen MR) is 60.6 cm³/mol. The highest BCUT2D eigenvalue weighted by Crippen LogP contribution is 2.19. The van der Waals surface area contributed by atoms with E-state index < -0.39 is 11.9 Å². The molecule has 1 rings (SSSR count). The van der Waals surface area contributed by atoms with E-state index in [0.29, 0.717) is 11.3 Å². The quantitative estimate of drug-likeness (QED) is 0.616. The predicted octanol–water partition coefficient (Wildman–Crippen LogP) is 1.34. The van der Waals surface area contributed by atoms with Crippen molar-refractivity contribution in [2.24, 2.45) is 0 Å². The Bertz CT molecular complexity index is 436. The van der Waals surface area contributed by atoms with Crippen molar-refractivity contribution >= 4 is 18.0 Å². The zero-order valence-corrected chi connectivity index (χ0v) is 9.25. The molecule has 1 N–H and O–H groups in total. The first kappa shape index (κ1) is 12.8. The first-order chi connectivity index (χ1) is 8.13. The van der Waals surface area contributed by atoms with Crippen molar-refractivity contribution < 1.29 is 24.2 Å². The lowest BCUT2D eigenvalue weighted by atomic mass is 10.2.